The van der Waals surface area contributed by atoms with Gasteiger partial charge in [-0.15, -0.1) is 0 Å². The van der Waals surface area contributed by atoms with Gasteiger partial charge in [0, 0.05) is 24.0 Å². The number of nitrogens with two attached hydrogens (primary N) is 1. The molecule has 2 saturated carbocycles. The highest BCUT2D eigenvalue weighted by Gasteiger charge is 2.40. The molecule has 2 unspecified atom stereocenters. The molecule has 3 aliphatic rings. The molecule has 2 atom stereocenters. The maximum Gasteiger partial charge on any atom is 0.223 e. The van der Waals surface area contributed by atoms with Gasteiger partial charge in [0.1, 0.15) is 0 Å². The number of nitrogens with one attached hydrogen (secondary N) is 1. The molecular weight excluding hydrogens is 274 g/mol. The van der Waals surface area contributed by atoms with E-state index in [0.29, 0.717) is 35.9 Å². The lowest BCUT2D eigenvalue weighted by molar-refractivity contribution is -0.129. The first-order valence-corrected chi connectivity index (χ1v) is 9.34. The minimum absolute atomic E-state index is 0.228. The first kappa shape index (κ1) is 16.3. The molecule has 0 aromatic carbocycles. The molecule has 22 heavy (non-hydrogen) atoms. The van der Waals surface area contributed by atoms with Gasteiger partial charge in [0.15, 0.2) is 0 Å². The lowest BCUT2D eigenvalue weighted by atomic mass is 9.67. The third-order valence-corrected chi connectivity index (χ3v) is 6.32. The number of carbonyl (C=O) groups excluding carboxylic acids is 1. The van der Waals surface area contributed by atoms with Crippen molar-refractivity contribution >= 4 is 5.91 Å². The molecule has 3 N–H and O–H groups in total. The van der Waals surface area contributed by atoms with Gasteiger partial charge in [-0.1, -0.05) is 6.42 Å². The lowest BCUT2D eigenvalue weighted by Crippen LogP contribution is -2.55. The number of likely N-dealkylation sites (tertiary alicyclic amines) is 1. The summed E-state index contributed by atoms with van der Waals surface area (Å²) in [5.74, 6) is 1.80. The maximum absolute atomic E-state index is 12.7. The molecule has 0 radical (unpaired) electrons. The van der Waals surface area contributed by atoms with Crippen molar-refractivity contribution in [2.75, 3.05) is 13.1 Å². The van der Waals surface area contributed by atoms with Crippen LogP contribution in [0.25, 0.3) is 0 Å². The lowest BCUT2D eigenvalue weighted by Gasteiger charge is -2.46. The Hall–Kier alpha value is -0.610. The Bertz CT molecular complexity index is 376. The minimum Gasteiger partial charge on any atom is -0.353 e. The largest absolute Gasteiger partial charge is 0.353 e. The first-order valence-electron chi connectivity index (χ1n) is 9.34. The number of hydrogen-bond donors (Lipinski definition) is 2. The fraction of sp³-hybridized carbons (Fsp3) is 0.944. The summed E-state index contributed by atoms with van der Waals surface area (Å²) in [7, 11) is 0. The smallest absolute Gasteiger partial charge is 0.223 e. The molecule has 1 aliphatic heterocycles. The van der Waals surface area contributed by atoms with Gasteiger partial charge in [-0.2, -0.15) is 0 Å². The van der Waals surface area contributed by atoms with Crippen LogP contribution in [0, 0.1) is 17.8 Å². The maximum atomic E-state index is 12.7. The summed E-state index contributed by atoms with van der Waals surface area (Å²) in [4.78, 5) is 15.2. The van der Waals surface area contributed by atoms with Gasteiger partial charge in [0.05, 0.1) is 0 Å². The number of amides is 1. The van der Waals surface area contributed by atoms with E-state index in [2.05, 4.69) is 24.1 Å². The van der Waals surface area contributed by atoms with Gasteiger partial charge < -0.3 is 16.0 Å². The number of hydrogen-bond acceptors (Lipinski definition) is 3. The van der Waals surface area contributed by atoms with E-state index in [0.717, 1.165) is 38.8 Å². The Kier molecular flexibility index (Phi) is 5.08. The van der Waals surface area contributed by atoms with Crippen LogP contribution in [-0.2, 0) is 4.79 Å². The average molecular weight is 307 g/mol. The van der Waals surface area contributed by atoms with E-state index in [1.165, 1.54) is 19.3 Å². The Morgan fingerprint density at radius 1 is 1.09 bits per heavy atom. The van der Waals surface area contributed by atoms with Gasteiger partial charge in [0.2, 0.25) is 5.91 Å². The molecule has 1 amide bonds. The zero-order valence-corrected chi connectivity index (χ0v) is 14.3. The van der Waals surface area contributed by atoms with Crippen LogP contribution in [0.5, 0.6) is 0 Å². The molecule has 1 heterocycles. The molecule has 3 fully saturated rings. The van der Waals surface area contributed by atoms with E-state index in [9.17, 15) is 4.79 Å². The van der Waals surface area contributed by atoms with Gasteiger partial charge in [0.25, 0.3) is 0 Å². The van der Waals surface area contributed by atoms with E-state index in [4.69, 9.17) is 5.73 Å². The third kappa shape index (κ3) is 3.48. The summed E-state index contributed by atoms with van der Waals surface area (Å²) in [5, 5.41) is 3.44. The summed E-state index contributed by atoms with van der Waals surface area (Å²) in [5.41, 5.74) is 6.19. The number of piperidine rings is 1. The number of fused-ring (bicyclic) bond motifs is 2. The van der Waals surface area contributed by atoms with Crippen LogP contribution in [-0.4, -0.2) is 42.0 Å². The van der Waals surface area contributed by atoms with Crippen LogP contribution in [0.4, 0.5) is 0 Å². The van der Waals surface area contributed by atoms with Crippen LogP contribution in [0.2, 0.25) is 0 Å². The Morgan fingerprint density at radius 3 is 2.23 bits per heavy atom. The summed E-state index contributed by atoms with van der Waals surface area (Å²) < 4.78 is 0. The predicted octanol–water partition coefficient (Wildman–Crippen LogP) is 2.13. The van der Waals surface area contributed by atoms with Crippen molar-refractivity contribution in [2.45, 2.75) is 76.9 Å². The number of carbonyl (C=O) groups is 1. The van der Waals surface area contributed by atoms with Gasteiger partial charge in [-0.05, 0) is 77.3 Å². The SMILES string of the molecule is CC(C)N1CCC(C(=O)NC2C3CCCC2CC(N)C3)CC1. The molecule has 3 rings (SSSR count). The van der Waals surface area contributed by atoms with Crippen LogP contribution in [0.15, 0.2) is 0 Å². The number of nitrogens with zero attached hydrogens (tertiary/aromatic N) is 1. The summed E-state index contributed by atoms with van der Waals surface area (Å²) in [6.07, 6.45) is 8.07. The van der Waals surface area contributed by atoms with Gasteiger partial charge in [-0.3, -0.25) is 4.79 Å². The first-order chi connectivity index (χ1) is 10.5. The molecule has 126 valence electrons. The highest BCUT2D eigenvalue weighted by molar-refractivity contribution is 5.79. The summed E-state index contributed by atoms with van der Waals surface area (Å²) in [6.45, 7) is 6.62. The van der Waals surface area contributed by atoms with Crippen molar-refractivity contribution in [1.29, 1.82) is 0 Å². The average Bonchev–Trinajstić information content (AvgIpc) is 2.48. The zero-order valence-electron chi connectivity index (χ0n) is 14.3. The van der Waals surface area contributed by atoms with Crippen molar-refractivity contribution < 1.29 is 4.79 Å². The van der Waals surface area contributed by atoms with Crippen LogP contribution >= 0.6 is 0 Å². The van der Waals surface area contributed by atoms with Crippen LogP contribution < -0.4 is 11.1 Å². The molecule has 4 nitrogen and oxygen atoms in total. The van der Waals surface area contributed by atoms with Crippen molar-refractivity contribution in [1.82, 2.24) is 10.2 Å². The zero-order chi connectivity index (χ0) is 15.7. The third-order valence-electron chi connectivity index (χ3n) is 6.32. The fourth-order valence-corrected chi connectivity index (χ4v) is 4.98. The summed E-state index contributed by atoms with van der Waals surface area (Å²) >= 11 is 0. The van der Waals surface area contributed by atoms with Crippen molar-refractivity contribution in [2.24, 2.45) is 23.5 Å². The molecular formula is C18H33N3O. The van der Waals surface area contributed by atoms with E-state index < -0.39 is 0 Å². The molecule has 2 bridgehead atoms. The second-order valence-electron chi connectivity index (χ2n) is 8.12. The van der Waals surface area contributed by atoms with Crippen molar-refractivity contribution in [3.05, 3.63) is 0 Å². The van der Waals surface area contributed by atoms with E-state index in [1.807, 2.05) is 0 Å². The fourth-order valence-electron chi connectivity index (χ4n) is 4.98. The van der Waals surface area contributed by atoms with Crippen LogP contribution in [0.3, 0.4) is 0 Å². The normalized spacial score (nSPS) is 37.3. The molecule has 1 saturated heterocycles. The molecule has 0 aromatic heterocycles. The Labute approximate surface area is 135 Å². The van der Waals surface area contributed by atoms with Gasteiger partial charge >= 0.3 is 0 Å². The Morgan fingerprint density at radius 2 is 1.68 bits per heavy atom. The van der Waals surface area contributed by atoms with E-state index >= 15 is 0 Å². The molecule has 0 spiro atoms. The topological polar surface area (TPSA) is 58.4 Å². The summed E-state index contributed by atoms with van der Waals surface area (Å²) in [6, 6.07) is 1.37. The minimum atomic E-state index is 0.228. The second-order valence-corrected chi connectivity index (χ2v) is 8.12. The molecule has 0 aromatic rings. The highest BCUT2D eigenvalue weighted by atomic mass is 16.2. The monoisotopic (exact) mass is 307 g/mol. The van der Waals surface area contributed by atoms with E-state index in [-0.39, 0.29) is 5.92 Å². The van der Waals surface area contributed by atoms with Crippen molar-refractivity contribution in [3.63, 3.8) is 0 Å². The second kappa shape index (κ2) is 6.88. The molecule has 2 aliphatic carbocycles. The predicted molar refractivity (Wildman–Crippen MR) is 89.4 cm³/mol. The van der Waals surface area contributed by atoms with E-state index in [1.54, 1.807) is 0 Å². The highest BCUT2D eigenvalue weighted by Crippen LogP contribution is 2.39. The quantitative estimate of drug-likeness (QED) is 0.840. The van der Waals surface area contributed by atoms with Gasteiger partial charge in [-0.25, -0.2) is 0 Å². The number of rotatable bonds is 3. The van der Waals surface area contributed by atoms with Crippen LogP contribution in [0.1, 0.15) is 58.8 Å². The molecule has 4 heteroatoms. The van der Waals surface area contributed by atoms with Crippen molar-refractivity contribution in [3.8, 4) is 0 Å². The standard InChI is InChI=1S/C18H33N3O/c1-12(2)21-8-6-13(7-9-21)18(22)20-17-14-4-3-5-15(17)11-16(19)10-14/h12-17H,3-11,19H2,1-2H3,(H,20,22). The Balaban J connectivity index is 1.54.